The van der Waals surface area contributed by atoms with E-state index in [1.807, 2.05) is 18.2 Å². The Labute approximate surface area is 124 Å². The van der Waals surface area contributed by atoms with Crippen LogP contribution in [0.5, 0.6) is 11.5 Å². The van der Waals surface area contributed by atoms with Crippen LogP contribution in [-0.4, -0.2) is 14.2 Å². The molecule has 2 nitrogen and oxygen atoms in total. The van der Waals surface area contributed by atoms with Crippen molar-refractivity contribution >= 4 is 10.8 Å². The fourth-order valence-electron chi connectivity index (χ4n) is 2.67. The zero-order valence-electron chi connectivity index (χ0n) is 12.3. The maximum atomic E-state index is 5.47. The van der Waals surface area contributed by atoms with Gasteiger partial charge in [0.15, 0.2) is 0 Å². The Bertz CT molecular complexity index is 757. The van der Waals surface area contributed by atoms with Gasteiger partial charge in [-0.25, -0.2) is 0 Å². The summed E-state index contributed by atoms with van der Waals surface area (Å²) >= 11 is 0. The molecule has 2 heteroatoms. The number of fused-ring (bicyclic) bond motifs is 1. The molecule has 0 N–H and O–H groups in total. The van der Waals surface area contributed by atoms with Gasteiger partial charge in [-0.05, 0) is 34.5 Å². The van der Waals surface area contributed by atoms with Crippen LogP contribution in [0.1, 0.15) is 11.1 Å². The van der Waals surface area contributed by atoms with E-state index in [9.17, 15) is 0 Å². The van der Waals surface area contributed by atoms with Crippen LogP contribution in [0.3, 0.4) is 0 Å². The third kappa shape index (κ3) is 2.70. The number of hydrogen-bond acceptors (Lipinski definition) is 2. The predicted octanol–water partition coefficient (Wildman–Crippen LogP) is 4.45. The average Bonchev–Trinajstić information content (AvgIpc) is 2.55. The van der Waals surface area contributed by atoms with Crippen molar-refractivity contribution in [1.82, 2.24) is 0 Å². The van der Waals surface area contributed by atoms with Crippen LogP contribution in [0.2, 0.25) is 0 Å². The van der Waals surface area contributed by atoms with Crippen LogP contribution in [-0.2, 0) is 6.42 Å². The van der Waals surface area contributed by atoms with Gasteiger partial charge in [-0.3, -0.25) is 0 Å². The van der Waals surface area contributed by atoms with E-state index in [-0.39, 0.29) is 0 Å². The lowest BCUT2D eigenvalue weighted by atomic mass is 9.98. The zero-order valence-corrected chi connectivity index (χ0v) is 12.3. The van der Waals surface area contributed by atoms with E-state index in [2.05, 4.69) is 42.5 Å². The van der Waals surface area contributed by atoms with Crippen molar-refractivity contribution in [2.75, 3.05) is 14.2 Å². The van der Waals surface area contributed by atoms with Gasteiger partial charge in [0, 0.05) is 12.0 Å². The average molecular weight is 278 g/mol. The largest absolute Gasteiger partial charge is 0.497 e. The molecular formula is C19H18O2. The second kappa shape index (κ2) is 5.88. The molecule has 0 saturated carbocycles. The first kappa shape index (κ1) is 13.5. The second-order valence-electron chi connectivity index (χ2n) is 4.99. The summed E-state index contributed by atoms with van der Waals surface area (Å²) in [6.07, 6.45) is 0.821. The fraction of sp³-hybridized carbons (Fsp3) is 0.158. The smallest absolute Gasteiger partial charge is 0.122 e. The minimum Gasteiger partial charge on any atom is -0.497 e. The molecule has 0 fully saturated rings. The Balaban J connectivity index is 2.06. The van der Waals surface area contributed by atoms with Crippen molar-refractivity contribution < 1.29 is 9.47 Å². The molecule has 0 aliphatic rings. The standard InChI is InChI=1S/C19H18O2/c1-20-17-10-11-19(21-2)16(13-17)12-15-8-5-7-14-6-3-4-9-18(14)15/h3-11,13H,12H2,1-2H3. The predicted molar refractivity (Wildman–Crippen MR) is 86.3 cm³/mol. The number of hydrogen-bond donors (Lipinski definition) is 0. The summed E-state index contributed by atoms with van der Waals surface area (Å²) in [5.74, 6) is 1.75. The normalized spacial score (nSPS) is 10.6. The molecule has 0 atom stereocenters. The zero-order chi connectivity index (χ0) is 14.7. The van der Waals surface area contributed by atoms with Gasteiger partial charge >= 0.3 is 0 Å². The first-order valence-electron chi connectivity index (χ1n) is 6.99. The highest BCUT2D eigenvalue weighted by Crippen LogP contribution is 2.28. The molecule has 0 aliphatic heterocycles. The Morgan fingerprint density at radius 1 is 0.762 bits per heavy atom. The van der Waals surface area contributed by atoms with E-state index < -0.39 is 0 Å². The van der Waals surface area contributed by atoms with Gasteiger partial charge in [-0.1, -0.05) is 42.5 Å². The molecule has 0 aromatic heterocycles. The molecule has 0 bridgehead atoms. The molecular weight excluding hydrogens is 260 g/mol. The van der Waals surface area contributed by atoms with Gasteiger partial charge in [-0.15, -0.1) is 0 Å². The maximum Gasteiger partial charge on any atom is 0.122 e. The molecule has 0 radical (unpaired) electrons. The number of benzene rings is 3. The molecule has 21 heavy (non-hydrogen) atoms. The lowest BCUT2D eigenvalue weighted by Crippen LogP contribution is -1.96. The van der Waals surface area contributed by atoms with Crippen molar-refractivity contribution in [1.29, 1.82) is 0 Å². The second-order valence-corrected chi connectivity index (χ2v) is 4.99. The maximum absolute atomic E-state index is 5.47. The minimum atomic E-state index is 0.821. The summed E-state index contributed by atoms with van der Waals surface area (Å²) in [6.45, 7) is 0. The summed E-state index contributed by atoms with van der Waals surface area (Å²) in [5.41, 5.74) is 2.42. The van der Waals surface area contributed by atoms with Crippen molar-refractivity contribution in [3.63, 3.8) is 0 Å². The van der Waals surface area contributed by atoms with Crippen molar-refractivity contribution in [3.8, 4) is 11.5 Å². The quantitative estimate of drug-likeness (QED) is 0.702. The highest BCUT2D eigenvalue weighted by atomic mass is 16.5. The summed E-state index contributed by atoms with van der Waals surface area (Å²) in [6, 6.07) is 20.8. The third-order valence-electron chi connectivity index (χ3n) is 3.75. The summed E-state index contributed by atoms with van der Waals surface area (Å²) in [5, 5.41) is 2.54. The molecule has 0 saturated heterocycles. The monoisotopic (exact) mass is 278 g/mol. The Hall–Kier alpha value is -2.48. The lowest BCUT2D eigenvalue weighted by molar-refractivity contribution is 0.399. The van der Waals surface area contributed by atoms with Crippen LogP contribution in [0, 0.1) is 0 Å². The van der Waals surface area contributed by atoms with Crippen LogP contribution >= 0.6 is 0 Å². The van der Waals surface area contributed by atoms with Gasteiger partial charge in [0.25, 0.3) is 0 Å². The number of methoxy groups -OCH3 is 2. The van der Waals surface area contributed by atoms with Crippen molar-refractivity contribution in [2.45, 2.75) is 6.42 Å². The molecule has 106 valence electrons. The lowest BCUT2D eigenvalue weighted by Gasteiger charge is -2.12. The third-order valence-corrected chi connectivity index (χ3v) is 3.75. The molecule has 0 unspecified atom stereocenters. The van der Waals surface area contributed by atoms with E-state index in [4.69, 9.17) is 9.47 Å². The Kier molecular flexibility index (Phi) is 3.78. The summed E-state index contributed by atoms with van der Waals surface area (Å²) in [7, 11) is 3.39. The molecule has 3 aromatic rings. The first-order chi connectivity index (χ1) is 10.3. The molecule has 3 rings (SSSR count). The van der Waals surface area contributed by atoms with Crippen LogP contribution in [0.15, 0.2) is 60.7 Å². The van der Waals surface area contributed by atoms with E-state index in [0.29, 0.717) is 0 Å². The first-order valence-corrected chi connectivity index (χ1v) is 6.99. The summed E-state index contributed by atoms with van der Waals surface area (Å²) < 4.78 is 10.8. The number of rotatable bonds is 4. The SMILES string of the molecule is COc1ccc(OC)c(Cc2cccc3ccccc23)c1. The Morgan fingerprint density at radius 3 is 2.38 bits per heavy atom. The van der Waals surface area contributed by atoms with Crippen LogP contribution in [0.4, 0.5) is 0 Å². The molecule has 0 amide bonds. The molecule has 3 aromatic carbocycles. The highest BCUT2D eigenvalue weighted by molar-refractivity contribution is 5.86. The van der Waals surface area contributed by atoms with Crippen molar-refractivity contribution in [2.24, 2.45) is 0 Å². The molecule has 0 heterocycles. The van der Waals surface area contributed by atoms with Gasteiger partial charge < -0.3 is 9.47 Å². The van der Waals surface area contributed by atoms with E-state index in [1.54, 1.807) is 14.2 Å². The van der Waals surface area contributed by atoms with Crippen LogP contribution < -0.4 is 9.47 Å². The van der Waals surface area contributed by atoms with E-state index >= 15 is 0 Å². The van der Waals surface area contributed by atoms with Gasteiger partial charge in [-0.2, -0.15) is 0 Å². The number of ether oxygens (including phenoxy) is 2. The Morgan fingerprint density at radius 2 is 1.57 bits per heavy atom. The van der Waals surface area contributed by atoms with E-state index in [0.717, 1.165) is 23.5 Å². The molecule has 0 spiro atoms. The summed E-state index contributed by atoms with van der Waals surface area (Å²) in [4.78, 5) is 0. The van der Waals surface area contributed by atoms with E-state index in [1.165, 1.54) is 16.3 Å². The topological polar surface area (TPSA) is 18.5 Å². The van der Waals surface area contributed by atoms with Crippen LogP contribution in [0.25, 0.3) is 10.8 Å². The molecule has 0 aliphatic carbocycles. The van der Waals surface area contributed by atoms with Gasteiger partial charge in [0.05, 0.1) is 14.2 Å². The van der Waals surface area contributed by atoms with Gasteiger partial charge in [0.1, 0.15) is 11.5 Å². The minimum absolute atomic E-state index is 0.821. The van der Waals surface area contributed by atoms with Gasteiger partial charge in [0.2, 0.25) is 0 Å². The van der Waals surface area contributed by atoms with Crippen molar-refractivity contribution in [3.05, 3.63) is 71.8 Å². The highest BCUT2D eigenvalue weighted by Gasteiger charge is 2.08. The fourth-order valence-corrected chi connectivity index (χ4v) is 2.67.